The number of carbonyl (C=O) groups excluding carboxylic acids is 1. The zero-order chi connectivity index (χ0) is 12.0. The molecule has 0 aromatic heterocycles. The third-order valence-corrected chi connectivity index (χ3v) is 6.05. The van der Waals surface area contributed by atoms with Gasteiger partial charge >= 0.3 is 0 Å². The van der Waals surface area contributed by atoms with Crippen molar-refractivity contribution in [2.75, 3.05) is 37.7 Å². The molecule has 0 saturated carbocycles. The number of rotatable bonds is 1. The van der Waals surface area contributed by atoms with Crippen LogP contribution < -0.4 is 5.32 Å². The van der Waals surface area contributed by atoms with Crippen LogP contribution in [0.15, 0.2) is 0 Å². The second kappa shape index (κ2) is 3.95. The molecule has 1 N–H and O–H groups in total. The Balaban J connectivity index is 1.64. The number of hydrogen-bond acceptors (Lipinski definition) is 4. The van der Waals surface area contributed by atoms with E-state index in [0.717, 1.165) is 26.2 Å². The average molecular weight is 258 g/mol. The summed E-state index contributed by atoms with van der Waals surface area (Å²) < 4.78 is 22.8. The summed E-state index contributed by atoms with van der Waals surface area (Å²) in [5.74, 6) is 1.21. The highest BCUT2D eigenvalue weighted by Gasteiger charge is 2.42. The minimum Gasteiger partial charge on any atom is -0.342 e. The second-order valence-corrected chi connectivity index (χ2v) is 7.75. The van der Waals surface area contributed by atoms with Gasteiger partial charge in [0.1, 0.15) is 0 Å². The molecule has 3 heterocycles. The van der Waals surface area contributed by atoms with E-state index in [-0.39, 0.29) is 23.3 Å². The lowest BCUT2D eigenvalue weighted by molar-refractivity contribution is -0.133. The number of sulfone groups is 1. The van der Waals surface area contributed by atoms with Crippen LogP contribution in [0.2, 0.25) is 0 Å². The van der Waals surface area contributed by atoms with Gasteiger partial charge in [-0.3, -0.25) is 4.79 Å². The normalized spacial score (nSPS) is 39.5. The monoisotopic (exact) mass is 258 g/mol. The van der Waals surface area contributed by atoms with E-state index in [4.69, 9.17) is 0 Å². The quantitative estimate of drug-likeness (QED) is 0.662. The van der Waals surface area contributed by atoms with E-state index in [1.165, 1.54) is 0 Å². The van der Waals surface area contributed by atoms with E-state index in [2.05, 4.69) is 5.32 Å². The van der Waals surface area contributed by atoms with E-state index >= 15 is 0 Å². The van der Waals surface area contributed by atoms with Crippen molar-refractivity contribution in [2.45, 2.75) is 6.42 Å². The minimum absolute atomic E-state index is 0.0654. The maximum Gasteiger partial charge on any atom is 0.226 e. The largest absolute Gasteiger partial charge is 0.342 e. The van der Waals surface area contributed by atoms with E-state index in [1.807, 2.05) is 4.90 Å². The van der Waals surface area contributed by atoms with Crippen LogP contribution in [0, 0.1) is 17.8 Å². The zero-order valence-electron chi connectivity index (χ0n) is 9.76. The molecule has 3 aliphatic heterocycles. The number of hydrogen-bond donors (Lipinski definition) is 1. The van der Waals surface area contributed by atoms with Gasteiger partial charge in [0.2, 0.25) is 5.91 Å². The second-order valence-electron chi connectivity index (χ2n) is 5.52. The van der Waals surface area contributed by atoms with Gasteiger partial charge in [0.15, 0.2) is 9.84 Å². The highest BCUT2D eigenvalue weighted by Crippen LogP contribution is 2.29. The summed E-state index contributed by atoms with van der Waals surface area (Å²) in [5, 5.41) is 3.33. The Hall–Kier alpha value is -0.620. The van der Waals surface area contributed by atoms with E-state index in [9.17, 15) is 13.2 Å². The Morgan fingerprint density at radius 2 is 1.82 bits per heavy atom. The van der Waals surface area contributed by atoms with Gasteiger partial charge in [0.25, 0.3) is 0 Å². The van der Waals surface area contributed by atoms with Crippen LogP contribution in [0.3, 0.4) is 0 Å². The van der Waals surface area contributed by atoms with E-state index in [1.54, 1.807) is 0 Å². The topological polar surface area (TPSA) is 66.5 Å². The molecule has 0 bridgehead atoms. The number of carbonyl (C=O) groups is 1. The van der Waals surface area contributed by atoms with Crippen LogP contribution in [-0.4, -0.2) is 56.9 Å². The molecule has 1 unspecified atom stereocenters. The molecule has 3 fully saturated rings. The molecular formula is C11H18N2O3S. The third-order valence-electron chi connectivity index (χ3n) is 4.28. The van der Waals surface area contributed by atoms with Crippen molar-refractivity contribution in [3.63, 3.8) is 0 Å². The van der Waals surface area contributed by atoms with Crippen LogP contribution in [-0.2, 0) is 14.6 Å². The van der Waals surface area contributed by atoms with Gasteiger partial charge in [0.05, 0.1) is 17.4 Å². The molecule has 3 atom stereocenters. The van der Waals surface area contributed by atoms with Crippen molar-refractivity contribution in [3.05, 3.63) is 0 Å². The first kappa shape index (κ1) is 11.5. The average Bonchev–Trinajstić information content (AvgIpc) is 2.89. The zero-order valence-corrected chi connectivity index (χ0v) is 10.6. The van der Waals surface area contributed by atoms with Crippen molar-refractivity contribution in [3.8, 4) is 0 Å². The predicted octanol–water partition coefficient (Wildman–Crippen LogP) is -0.901. The van der Waals surface area contributed by atoms with Gasteiger partial charge < -0.3 is 10.2 Å². The summed E-state index contributed by atoms with van der Waals surface area (Å²) >= 11 is 0. The Morgan fingerprint density at radius 3 is 2.35 bits per heavy atom. The Labute approximate surface area is 101 Å². The number of likely N-dealkylation sites (tertiary alicyclic amines) is 1. The van der Waals surface area contributed by atoms with Crippen LogP contribution in [0.1, 0.15) is 6.42 Å². The first-order valence-electron chi connectivity index (χ1n) is 6.25. The number of nitrogens with one attached hydrogen (secondary N) is 1. The van der Waals surface area contributed by atoms with Crippen LogP contribution in [0.4, 0.5) is 0 Å². The standard InChI is InChI=1S/C11H18N2O3S/c14-11(8-1-2-17(15,16)7-8)13-5-9-3-12-4-10(9)6-13/h8-10,12H,1-7H2/t8?,9-,10+. The fourth-order valence-corrected chi connectivity index (χ4v) is 5.02. The Kier molecular flexibility index (Phi) is 2.66. The molecule has 1 amide bonds. The third kappa shape index (κ3) is 2.08. The van der Waals surface area contributed by atoms with Crippen LogP contribution in [0.25, 0.3) is 0 Å². The summed E-state index contributed by atoms with van der Waals surface area (Å²) in [6.07, 6.45) is 0.519. The molecule has 5 nitrogen and oxygen atoms in total. The molecule has 0 aliphatic carbocycles. The van der Waals surface area contributed by atoms with Gasteiger partial charge in [-0.15, -0.1) is 0 Å². The van der Waals surface area contributed by atoms with Gasteiger partial charge in [-0.1, -0.05) is 0 Å². The lowest BCUT2D eigenvalue weighted by Crippen LogP contribution is -2.36. The lowest BCUT2D eigenvalue weighted by Gasteiger charge is -2.20. The number of nitrogens with zero attached hydrogens (tertiary/aromatic N) is 1. The fourth-order valence-electron chi connectivity index (χ4n) is 3.28. The molecular weight excluding hydrogens is 240 g/mol. The maximum absolute atomic E-state index is 12.2. The smallest absolute Gasteiger partial charge is 0.226 e. The van der Waals surface area contributed by atoms with Crippen molar-refractivity contribution in [1.29, 1.82) is 0 Å². The summed E-state index contributed by atoms with van der Waals surface area (Å²) in [6, 6.07) is 0. The molecule has 0 spiro atoms. The van der Waals surface area contributed by atoms with Crippen LogP contribution in [0.5, 0.6) is 0 Å². The van der Waals surface area contributed by atoms with Crippen LogP contribution >= 0.6 is 0 Å². The summed E-state index contributed by atoms with van der Waals surface area (Å²) in [4.78, 5) is 14.1. The number of amides is 1. The highest BCUT2D eigenvalue weighted by molar-refractivity contribution is 7.91. The first-order chi connectivity index (χ1) is 8.05. The fraction of sp³-hybridized carbons (Fsp3) is 0.909. The SMILES string of the molecule is O=C(C1CCS(=O)(=O)C1)N1C[C@H]2CNC[C@H]2C1. The summed E-state index contributed by atoms with van der Waals surface area (Å²) in [5.41, 5.74) is 0. The molecule has 96 valence electrons. The molecule has 0 radical (unpaired) electrons. The predicted molar refractivity (Wildman–Crippen MR) is 63.2 cm³/mol. The minimum atomic E-state index is -2.95. The van der Waals surface area contributed by atoms with Gasteiger partial charge in [0, 0.05) is 26.2 Å². The van der Waals surface area contributed by atoms with Crippen molar-refractivity contribution >= 4 is 15.7 Å². The Morgan fingerprint density at radius 1 is 1.18 bits per heavy atom. The molecule has 3 rings (SSSR count). The van der Waals surface area contributed by atoms with E-state index in [0.29, 0.717) is 18.3 Å². The molecule has 6 heteroatoms. The van der Waals surface area contributed by atoms with Crippen molar-refractivity contribution in [1.82, 2.24) is 10.2 Å². The first-order valence-corrected chi connectivity index (χ1v) is 8.07. The van der Waals surface area contributed by atoms with Gasteiger partial charge in [-0.25, -0.2) is 8.42 Å². The number of fused-ring (bicyclic) bond motifs is 1. The molecule has 17 heavy (non-hydrogen) atoms. The van der Waals surface area contributed by atoms with Gasteiger partial charge in [-0.2, -0.15) is 0 Å². The van der Waals surface area contributed by atoms with Gasteiger partial charge in [-0.05, 0) is 18.3 Å². The maximum atomic E-state index is 12.2. The molecule has 0 aromatic carbocycles. The summed E-state index contributed by atoms with van der Waals surface area (Å²) in [7, 11) is -2.95. The van der Waals surface area contributed by atoms with Crippen molar-refractivity contribution < 1.29 is 13.2 Å². The van der Waals surface area contributed by atoms with Crippen molar-refractivity contribution in [2.24, 2.45) is 17.8 Å². The Bertz CT molecular complexity index is 422. The molecule has 3 saturated heterocycles. The van der Waals surface area contributed by atoms with E-state index < -0.39 is 9.84 Å². The molecule has 0 aromatic rings. The molecule has 3 aliphatic rings. The lowest BCUT2D eigenvalue weighted by atomic mass is 10.0. The summed E-state index contributed by atoms with van der Waals surface area (Å²) in [6.45, 7) is 3.62. The highest BCUT2D eigenvalue weighted by atomic mass is 32.2.